The van der Waals surface area contributed by atoms with Gasteiger partial charge in [-0.3, -0.25) is 9.59 Å². The van der Waals surface area contributed by atoms with Gasteiger partial charge in [-0.15, -0.1) is 0 Å². The van der Waals surface area contributed by atoms with E-state index >= 15 is 0 Å². The molecule has 4 nitrogen and oxygen atoms in total. The third kappa shape index (κ3) is 6.94. The van der Waals surface area contributed by atoms with Crippen LogP contribution in [-0.4, -0.2) is 25.5 Å². The van der Waals surface area contributed by atoms with Gasteiger partial charge in [0.15, 0.2) is 0 Å². The lowest BCUT2D eigenvalue weighted by Gasteiger charge is -1.97. The highest BCUT2D eigenvalue weighted by Gasteiger charge is 1.87. The Balaban J connectivity index is 2.91. The number of hydrogen-bond acceptors (Lipinski definition) is 3. The van der Waals surface area contributed by atoms with Crippen molar-refractivity contribution in [2.75, 3.05) is 13.2 Å². The monoisotopic (exact) mass is 131 g/mol. The van der Waals surface area contributed by atoms with Crippen LogP contribution in [0.2, 0.25) is 0 Å². The second kappa shape index (κ2) is 5.08. The molecule has 9 heavy (non-hydrogen) atoms. The van der Waals surface area contributed by atoms with Gasteiger partial charge in [-0.05, 0) is 0 Å². The molecule has 0 rings (SSSR count). The Morgan fingerprint density at radius 1 is 1.78 bits per heavy atom. The van der Waals surface area contributed by atoms with Gasteiger partial charge in [0.2, 0.25) is 5.91 Å². The summed E-state index contributed by atoms with van der Waals surface area (Å²) in [5.74, 6) is -0.121. The third-order valence-electron chi connectivity index (χ3n) is 0.662. The maximum Gasteiger partial charge on any atom is 0.293 e. The second-order valence-electron chi connectivity index (χ2n) is 1.45. The van der Waals surface area contributed by atoms with E-state index in [-0.39, 0.29) is 12.5 Å². The van der Waals surface area contributed by atoms with Gasteiger partial charge < -0.3 is 10.1 Å². The van der Waals surface area contributed by atoms with E-state index in [1.54, 1.807) is 0 Å². The molecule has 0 heterocycles. The van der Waals surface area contributed by atoms with E-state index in [1.807, 2.05) is 0 Å². The fraction of sp³-hybridized carbons (Fsp3) is 0.600. The zero-order valence-corrected chi connectivity index (χ0v) is 5.22. The molecule has 0 atom stereocenters. The average Bonchev–Trinajstić information content (AvgIpc) is 1.80. The van der Waals surface area contributed by atoms with Crippen LogP contribution in [0.1, 0.15) is 6.92 Å². The van der Waals surface area contributed by atoms with Crippen molar-refractivity contribution in [1.29, 1.82) is 0 Å². The lowest BCUT2D eigenvalue weighted by molar-refractivity contribution is -0.129. The first-order chi connectivity index (χ1) is 4.27. The molecule has 0 bridgehead atoms. The van der Waals surface area contributed by atoms with E-state index in [9.17, 15) is 9.59 Å². The van der Waals surface area contributed by atoms with Crippen LogP contribution < -0.4 is 5.32 Å². The predicted molar refractivity (Wildman–Crippen MR) is 30.7 cm³/mol. The highest BCUT2D eigenvalue weighted by atomic mass is 16.5. The lowest BCUT2D eigenvalue weighted by atomic mass is 10.6. The normalized spacial score (nSPS) is 8.11. The molecule has 0 aliphatic carbocycles. The molecule has 0 unspecified atom stereocenters. The summed E-state index contributed by atoms with van der Waals surface area (Å²) in [4.78, 5) is 19.7. The minimum absolute atomic E-state index is 0.121. The van der Waals surface area contributed by atoms with Gasteiger partial charge in [-0.1, -0.05) is 0 Å². The minimum atomic E-state index is -0.121. The largest absolute Gasteiger partial charge is 0.466 e. The Labute approximate surface area is 53.2 Å². The van der Waals surface area contributed by atoms with Crippen LogP contribution in [0, 0.1) is 0 Å². The Bertz CT molecular complexity index is 102. The van der Waals surface area contributed by atoms with E-state index in [0.29, 0.717) is 13.0 Å². The molecule has 0 aromatic heterocycles. The van der Waals surface area contributed by atoms with E-state index in [2.05, 4.69) is 10.1 Å². The molecule has 52 valence electrons. The zero-order chi connectivity index (χ0) is 7.11. The van der Waals surface area contributed by atoms with E-state index in [4.69, 9.17) is 0 Å². The highest BCUT2D eigenvalue weighted by molar-refractivity contribution is 5.72. The van der Waals surface area contributed by atoms with Crippen molar-refractivity contribution in [3.63, 3.8) is 0 Å². The van der Waals surface area contributed by atoms with Crippen LogP contribution in [0.15, 0.2) is 0 Å². The van der Waals surface area contributed by atoms with Crippen LogP contribution in [-0.2, 0) is 14.3 Å². The number of nitrogens with one attached hydrogen (secondary N) is 1. The van der Waals surface area contributed by atoms with Crippen LogP contribution in [0.3, 0.4) is 0 Å². The first-order valence-electron chi connectivity index (χ1n) is 2.57. The Kier molecular flexibility index (Phi) is 4.49. The van der Waals surface area contributed by atoms with Gasteiger partial charge in [0, 0.05) is 6.92 Å². The number of rotatable bonds is 4. The maximum atomic E-state index is 10.2. The molecule has 0 saturated heterocycles. The lowest BCUT2D eigenvalue weighted by Crippen LogP contribution is -2.24. The van der Waals surface area contributed by atoms with Crippen molar-refractivity contribution in [3.05, 3.63) is 0 Å². The Morgan fingerprint density at radius 2 is 2.44 bits per heavy atom. The van der Waals surface area contributed by atoms with Gasteiger partial charge >= 0.3 is 0 Å². The molecule has 1 amide bonds. The SMILES string of the molecule is CC(=O)NCCOC=O. The van der Waals surface area contributed by atoms with Crippen LogP contribution in [0.5, 0.6) is 0 Å². The molecule has 0 aromatic rings. The van der Waals surface area contributed by atoms with Crippen molar-refractivity contribution in [2.45, 2.75) is 6.92 Å². The van der Waals surface area contributed by atoms with Crippen molar-refractivity contribution in [2.24, 2.45) is 0 Å². The van der Waals surface area contributed by atoms with Gasteiger partial charge in [-0.25, -0.2) is 0 Å². The van der Waals surface area contributed by atoms with Gasteiger partial charge in [0.1, 0.15) is 6.61 Å². The summed E-state index contributed by atoms with van der Waals surface area (Å²) in [6, 6.07) is 0. The first-order valence-corrected chi connectivity index (χ1v) is 2.57. The van der Waals surface area contributed by atoms with Crippen molar-refractivity contribution >= 4 is 12.4 Å². The molecule has 0 saturated carbocycles. The van der Waals surface area contributed by atoms with Crippen LogP contribution in [0.4, 0.5) is 0 Å². The summed E-state index contributed by atoms with van der Waals surface area (Å²) >= 11 is 0. The molecule has 0 spiro atoms. The molecule has 0 fully saturated rings. The van der Waals surface area contributed by atoms with Gasteiger partial charge in [0.25, 0.3) is 6.47 Å². The topological polar surface area (TPSA) is 55.4 Å². The second-order valence-corrected chi connectivity index (χ2v) is 1.45. The molecule has 0 radical (unpaired) electrons. The highest BCUT2D eigenvalue weighted by Crippen LogP contribution is 1.64. The van der Waals surface area contributed by atoms with Crippen molar-refractivity contribution in [1.82, 2.24) is 5.32 Å². The molecule has 0 aromatic carbocycles. The number of ether oxygens (including phenoxy) is 1. The Hall–Kier alpha value is -1.06. The van der Waals surface area contributed by atoms with Crippen molar-refractivity contribution < 1.29 is 14.3 Å². The van der Waals surface area contributed by atoms with E-state index in [0.717, 1.165) is 0 Å². The summed E-state index contributed by atoms with van der Waals surface area (Å²) < 4.78 is 4.29. The average molecular weight is 131 g/mol. The van der Waals surface area contributed by atoms with Crippen LogP contribution in [0.25, 0.3) is 0 Å². The summed E-state index contributed by atoms with van der Waals surface area (Å²) in [5.41, 5.74) is 0. The fourth-order valence-electron chi connectivity index (χ4n) is 0.334. The predicted octanol–water partition coefficient (Wildman–Crippen LogP) is -0.705. The molecular weight excluding hydrogens is 122 g/mol. The fourth-order valence-corrected chi connectivity index (χ4v) is 0.334. The third-order valence-corrected chi connectivity index (χ3v) is 0.662. The van der Waals surface area contributed by atoms with Crippen molar-refractivity contribution in [3.8, 4) is 0 Å². The van der Waals surface area contributed by atoms with E-state index < -0.39 is 0 Å². The first kappa shape index (κ1) is 7.94. The molecular formula is C5H9NO3. The standard InChI is InChI=1S/C5H9NO3/c1-5(8)6-2-3-9-4-7/h4H,2-3H2,1H3,(H,6,8). The molecule has 0 aliphatic rings. The summed E-state index contributed by atoms with van der Waals surface area (Å²) in [7, 11) is 0. The van der Waals surface area contributed by atoms with Gasteiger partial charge in [0.05, 0.1) is 6.54 Å². The molecule has 1 N–H and O–H groups in total. The number of carbonyl (C=O) groups excluding carboxylic acids is 2. The zero-order valence-electron chi connectivity index (χ0n) is 5.22. The number of carbonyl (C=O) groups is 2. The minimum Gasteiger partial charge on any atom is -0.466 e. The summed E-state index contributed by atoms with van der Waals surface area (Å²) in [5, 5.41) is 2.46. The summed E-state index contributed by atoms with van der Waals surface area (Å²) in [6.07, 6.45) is 0. The number of hydrogen-bond donors (Lipinski definition) is 1. The smallest absolute Gasteiger partial charge is 0.293 e. The maximum absolute atomic E-state index is 10.2. The quantitative estimate of drug-likeness (QED) is 0.405. The molecule has 0 aliphatic heterocycles. The Morgan fingerprint density at radius 3 is 2.89 bits per heavy atom. The van der Waals surface area contributed by atoms with Gasteiger partial charge in [-0.2, -0.15) is 0 Å². The number of amides is 1. The van der Waals surface area contributed by atoms with E-state index in [1.165, 1.54) is 6.92 Å². The summed E-state index contributed by atoms with van der Waals surface area (Å²) in [6.45, 7) is 2.37. The van der Waals surface area contributed by atoms with Crippen LogP contribution >= 0.6 is 0 Å². The molecule has 4 heteroatoms.